The minimum absolute atomic E-state index is 0.200. The van der Waals surface area contributed by atoms with E-state index in [1.807, 2.05) is 6.92 Å². The Bertz CT molecular complexity index is 426. The number of aliphatic hydroxyl groups excluding tert-OH is 1. The normalized spacial score (nSPS) is 15.5. The summed E-state index contributed by atoms with van der Waals surface area (Å²) in [6.45, 7) is 1.90. The highest BCUT2D eigenvalue weighted by molar-refractivity contribution is 7.91. The van der Waals surface area contributed by atoms with Crippen molar-refractivity contribution in [2.45, 2.75) is 30.4 Å². The quantitative estimate of drug-likeness (QED) is 0.792. The van der Waals surface area contributed by atoms with Crippen LogP contribution in [0.25, 0.3) is 0 Å². The Morgan fingerprint density at radius 1 is 1.29 bits per heavy atom. The minimum Gasteiger partial charge on any atom is -0.390 e. The van der Waals surface area contributed by atoms with Crippen LogP contribution in [0.3, 0.4) is 0 Å². The van der Waals surface area contributed by atoms with E-state index in [4.69, 9.17) is 0 Å². The van der Waals surface area contributed by atoms with Crippen molar-refractivity contribution >= 4 is 9.84 Å². The lowest BCUT2D eigenvalue weighted by Crippen LogP contribution is -2.41. The number of benzene rings is 1. The molecule has 1 aromatic rings. The molecule has 0 heterocycles. The van der Waals surface area contributed by atoms with Crippen LogP contribution in [0, 0.1) is 0 Å². The fourth-order valence-corrected chi connectivity index (χ4v) is 3.18. The molecule has 1 rings (SSSR count). The lowest BCUT2D eigenvalue weighted by molar-refractivity contribution is 0.149. The van der Waals surface area contributed by atoms with Gasteiger partial charge in [-0.15, -0.1) is 0 Å². The first-order valence-corrected chi connectivity index (χ1v) is 7.29. The van der Waals surface area contributed by atoms with Crippen molar-refractivity contribution in [3.8, 4) is 0 Å². The van der Waals surface area contributed by atoms with Gasteiger partial charge < -0.3 is 10.4 Å². The molecule has 0 aliphatic rings. The van der Waals surface area contributed by atoms with Gasteiger partial charge in [-0.25, -0.2) is 8.42 Å². The molecule has 0 bridgehead atoms. The summed E-state index contributed by atoms with van der Waals surface area (Å²) in [4.78, 5) is 0.255. The Morgan fingerprint density at radius 2 is 1.88 bits per heavy atom. The van der Waals surface area contributed by atoms with E-state index in [-0.39, 0.29) is 16.7 Å². The van der Waals surface area contributed by atoms with E-state index in [2.05, 4.69) is 5.32 Å². The predicted molar refractivity (Wildman–Crippen MR) is 67.6 cm³/mol. The molecule has 1 aromatic carbocycles. The Labute approximate surface area is 103 Å². The first-order chi connectivity index (χ1) is 8.01. The molecule has 2 unspecified atom stereocenters. The van der Waals surface area contributed by atoms with E-state index in [1.165, 1.54) is 0 Å². The van der Waals surface area contributed by atoms with Crippen LogP contribution < -0.4 is 5.32 Å². The average molecular weight is 257 g/mol. The molecular formula is C12H19NO3S. The number of hydrogen-bond donors (Lipinski definition) is 2. The van der Waals surface area contributed by atoms with Gasteiger partial charge in [0.1, 0.15) is 0 Å². The van der Waals surface area contributed by atoms with Crippen LogP contribution in [0.1, 0.15) is 13.3 Å². The first kappa shape index (κ1) is 14.2. The Hall–Kier alpha value is -0.910. The molecule has 0 saturated carbocycles. The van der Waals surface area contributed by atoms with Gasteiger partial charge in [0.2, 0.25) is 0 Å². The summed E-state index contributed by atoms with van der Waals surface area (Å²) >= 11 is 0. The van der Waals surface area contributed by atoms with Crippen molar-refractivity contribution in [1.29, 1.82) is 0 Å². The van der Waals surface area contributed by atoms with Crippen molar-refractivity contribution in [3.63, 3.8) is 0 Å². The maximum Gasteiger partial charge on any atom is 0.180 e. The maximum atomic E-state index is 12.0. The average Bonchev–Trinajstić information content (AvgIpc) is 2.31. The summed E-state index contributed by atoms with van der Waals surface area (Å²) in [6.07, 6.45) is -0.211. The SMILES string of the molecule is CCC(NC)C(O)CS(=O)(=O)c1ccccc1. The van der Waals surface area contributed by atoms with E-state index in [1.54, 1.807) is 37.4 Å². The fourth-order valence-electron chi connectivity index (χ4n) is 1.73. The predicted octanol–water partition coefficient (Wildman–Crippen LogP) is 0.819. The molecule has 2 atom stereocenters. The van der Waals surface area contributed by atoms with E-state index in [0.717, 1.165) is 0 Å². The van der Waals surface area contributed by atoms with Gasteiger partial charge in [-0.3, -0.25) is 0 Å². The summed E-state index contributed by atoms with van der Waals surface area (Å²) in [7, 11) is -1.70. The Morgan fingerprint density at radius 3 is 2.35 bits per heavy atom. The zero-order valence-corrected chi connectivity index (χ0v) is 10.9. The van der Waals surface area contributed by atoms with Crippen LogP contribution in [-0.4, -0.2) is 38.5 Å². The van der Waals surface area contributed by atoms with Crippen LogP contribution >= 0.6 is 0 Å². The van der Waals surface area contributed by atoms with Crippen molar-refractivity contribution in [2.24, 2.45) is 0 Å². The molecule has 2 N–H and O–H groups in total. The number of hydrogen-bond acceptors (Lipinski definition) is 4. The third-order valence-corrected chi connectivity index (χ3v) is 4.54. The van der Waals surface area contributed by atoms with Gasteiger partial charge in [-0.2, -0.15) is 0 Å². The maximum absolute atomic E-state index is 12.0. The first-order valence-electron chi connectivity index (χ1n) is 5.64. The van der Waals surface area contributed by atoms with Crippen LogP contribution in [0.5, 0.6) is 0 Å². The van der Waals surface area contributed by atoms with Gasteiger partial charge in [-0.1, -0.05) is 25.1 Å². The lowest BCUT2D eigenvalue weighted by atomic mass is 10.1. The second-order valence-electron chi connectivity index (χ2n) is 3.97. The zero-order valence-electron chi connectivity index (χ0n) is 10.1. The van der Waals surface area contributed by atoms with E-state index in [0.29, 0.717) is 6.42 Å². The standard InChI is InChI=1S/C12H19NO3S/c1-3-11(13-2)12(14)9-17(15,16)10-7-5-4-6-8-10/h4-8,11-14H,3,9H2,1-2H3. The van der Waals surface area contributed by atoms with Crippen molar-refractivity contribution in [3.05, 3.63) is 30.3 Å². The second-order valence-corrected chi connectivity index (χ2v) is 6.00. The monoisotopic (exact) mass is 257 g/mol. The molecular weight excluding hydrogens is 238 g/mol. The lowest BCUT2D eigenvalue weighted by Gasteiger charge is -2.20. The molecule has 0 spiro atoms. The van der Waals surface area contributed by atoms with E-state index in [9.17, 15) is 13.5 Å². The second kappa shape index (κ2) is 6.14. The van der Waals surface area contributed by atoms with Gasteiger partial charge in [0.05, 0.1) is 16.8 Å². The highest BCUT2D eigenvalue weighted by Gasteiger charge is 2.24. The molecule has 0 amide bonds. The van der Waals surface area contributed by atoms with Crippen LogP contribution in [0.15, 0.2) is 35.2 Å². The molecule has 0 aliphatic carbocycles. The topological polar surface area (TPSA) is 66.4 Å². The summed E-state index contributed by atoms with van der Waals surface area (Å²) in [6, 6.07) is 8.00. The summed E-state index contributed by atoms with van der Waals surface area (Å²) < 4.78 is 24.0. The van der Waals surface area contributed by atoms with Crippen LogP contribution in [0.2, 0.25) is 0 Å². The summed E-state index contributed by atoms with van der Waals surface area (Å²) in [5.41, 5.74) is 0. The highest BCUT2D eigenvalue weighted by Crippen LogP contribution is 2.13. The van der Waals surface area contributed by atoms with Gasteiger partial charge >= 0.3 is 0 Å². The smallest absolute Gasteiger partial charge is 0.180 e. The van der Waals surface area contributed by atoms with Gasteiger partial charge in [0.25, 0.3) is 0 Å². The molecule has 96 valence electrons. The number of aliphatic hydroxyl groups is 1. The molecule has 0 aromatic heterocycles. The van der Waals surface area contributed by atoms with Crippen molar-refractivity contribution in [1.82, 2.24) is 5.32 Å². The number of nitrogens with one attached hydrogen (secondary N) is 1. The molecule has 17 heavy (non-hydrogen) atoms. The largest absolute Gasteiger partial charge is 0.390 e. The number of sulfone groups is 1. The molecule has 4 nitrogen and oxygen atoms in total. The van der Waals surface area contributed by atoms with E-state index >= 15 is 0 Å². The minimum atomic E-state index is -3.41. The Balaban J connectivity index is 2.81. The Kier molecular flexibility index (Phi) is 5.11. The molecule has 0 fully saturated rings. The van der Waals surface area contributed by atoms with Crippen LogP contribution in [-0.2, 0) is 9.84 Å². The van der Waals surface area contributed by atoms with E-state index < -0.39 is 15.9 Å². The molecule has 0 aliphatic heterocycles. The van der Waals surface area contributed by atoms with Gasteiger partial charge in [0.15, 0.2) is 9.84 Å². The third-order valence-electron chi connectivity index (χ3n) is 2.77. The molecule has 0 saturated heterocycles. The van der Waals surface area contributed by atoms with Gasteiger partial charge in [-0.05, 0) is 25.6 Å². The third kappa shape index (κ3) is 3.80. The van der Waals surface area contributed by atoms with Gasteiger partial charge in [0, 0.05) is 6.04 Å². The number of likely N-dealkylation sites (N-methyl/N-ethyl adjacent to an activating group) is 1. The molecule has 0 radical (unpaired) electrons. The van der Waals surface area contributed by atoms with Crippen LogP contribution in [0.4, 0.5) is 0 Å². The van der Waals surface area contributed by atoms with Crippen molar-refractivity contribution < 1.29 is 13.5 Å². The summed E-state index contributed by atoms with van der Waals surface area (Å²) in [5, 5.41) is 12.8. The summed E-state index contributed by atoms with van der Waals surface area (Å²) in [5.74, 6) is -0.254. The zero-order chi connectivity index (χ0) is 12.9. The highest BCUT2D eigenvalue weighted by atomic mass is 32.2. The molecule has 5 heteroatoms. The number of rotatable bonds is 6. The fraction of sp³-hybridized carbons (Fsp3) is 0.500. The van der Waals surface area contributed by atoms with Crippen molar-refractivity contribution in [2.75, 3.05) is 12.8 Å².